The largest absolute Gasteiger partial charge is 0.460 e. The Bertz CT molecular complexity index is 1230. The van der Waals surface area contributed by atoms with Gasteiger partial charge >= 0.3 is 0 Å². The quantitative estimate of drug-likeness (QED) is 0.698. The van der Waals surface area contributed by atoms with Gasteiger partial charge in [0.15, 0.2) is 11.6 Å². The molecule has 2 aromatic rings. The first-order valence-electron chi connectivity index (χ1n) is 9.78. The third-order valence-electron chi connectivity index (χ3n) is 6.51. The number of anilines is 1. The van der Waals surface area contributed by atoms with Crippen molar-refractivity contribution in [2.24, 2.45) is 0 Å². The predicted molar refractivity (Wildman–Crippen MR) is 106 cm³/mol. The Balaban J connectivity index is 1.77. The molecular formula is C24H17NO4. The van der Waals surface area contributed by atoms with Gasteiger partial charge in [-0.15, -0.1) is 0 Å². The summed E-state index contributed by atoms with van der Waals surface area (Å²) in [5.41, 5.74) is 1.83. The number of amides is 1. The fraction of sp³-hybridized carbons (Fsp3) is 0.208. The molecule has 2 heterocycles. The molecule has 0 aromatic heterocycles. The van der Waals surface area contributed by atoms with Crippen molar-refractivity contribution in [1.29, 1.82) is 0 Å². The maximum atomic E-state index is 13.9. The van der Waals surface area contributed by atoms with Gasteiger partial charge in [-0.25, -0.2) is 0 Å². The van der Waals surface area contributed by atoms with E-state index in [1.165, 1.54) is 0 Å². The molecule has 1 atom stereocenters. The highest BCUT2D eigenvalue weighted by Crippen LogP contribution is 2.59. The zero-order valence-corrected chi connectivity index (χ0v) is 15.8. The Morgan fingerprint density at radius 1 is 0.897 bits per heavy atom. The summed E-state index contributed by atoms with van der Waals surface area (Å²) in [6.07, 6.45) is 1.61. The van der Waals surface area contributed by atoms with Gasteiger partial charge in [-0.2, -0.15) is 0 Å². The molecule has 0 fully saturated rings. The molecule has 0 saturated heterocycles. The summed E-state index contributed by atoms with van der Waals surface area (Å²) in [4.78, 5) is 42.2. The number of allylic oxidation sites excluding steroid dienone is 1. The highest BCUT2D eigenvalue weighted by molar-refractivity contribution is 6.31. The number of nitrogens with zero attached hydrogens (tertiary/aromatic N) is 1. The van der Waals surface area contributed by atoms with Gasteiger partial charge in [0, 0.05) is 42.3 Å². The molecule has 142 valence electrons. The van der Waals surface area contributed by atoms with Crippen LogP contribution in [0.4, 0.5) is 5.69 Å². The predicted octanol–water partition coefficient (Wildman–Crippen LogP) is 3.55. The van der Waals surface area contributed by atoms with Crippen molar-refractivity contribution in [3.8, 4) is 0 Å². The van der Waals surface area contributed by atoms with Crippen LogP contribution in [0.2, 0.25) is 0 Å². The van der Waals surface area contributed by atoms with E-state index in [4.69, 9.17) is 4.74 Å². The van der Waals surface area contributed by atoms with E-state index in [0.717, 1.165) is 5.69 Å². The number of Topliss-reactive ketones (excluding diaryl/α,β-unsaturated/α-hetero) is 2. The third-order valence-corrected chi connectivity index (χ3v) is 6.51. The zero-order valence-electron chi connectivity index (χ0n) is 15.8. The van der Waals surface area contributed by atoms with E-state index in [9.17, 15) is 14.4 Å². The van der Waals surface area contributed by atoms with Crippen molar-refractivity contribution >= 4 is 28.9 Å². The molecule has 4 aliphatic rings. The van der Waals surface area contributed by atoms with Crippen LogP contribution >= 0.6 is 0 Å². The number of ether oxygens (including phenoxy) is 1. The van der Waals surface area contributed by atoms with E-state index in [0.29, 0.717) is 53.0 Å². The summed E-state index contributed by atoms with van der Waals surface area (Å²) in [5.74, 6) is 0.345. The van der Waals surface area contributed by atoms with Crippen molar-refractivity contribution in [2.45, 2.75) is 24.7 Å². The van der Waals surface area contributed by atoms with E-state index in [-0.39, 0.29) is 23.0 Å². The molecule has 5 heteroatoms. The van der Waals surface area contributed by atoms with Gasteiger partial charge in [0.2, 0.25) is 5.91 Å². The van der Waals surface area contributed by atoms with Crippen molar-refractivity contribution < 1.29 is 19.1 Å². The number of carbonyl (C=O) groups excluding carboxylic acids is 3. The zero-order chi connectivity index (χ0) is 19.9. The summed E-state index contributed by atoms with van der Waals surface area (Å²) in [6.45, 7) is 0. The first-order chi connectivity index (χ1) is 14.1. The van der Waals surface area contributed by atoms with E-state index in [2.05, 4.69) is 0 Å². The number of rotatable bonds is 0. The van der Waals surface area contributed by atoms with Crippen molar-refractivity contribution in [3.63, 3.8) is 0 Å². The number of ketones is 2. The van der Waals surface area contributed by atoms with Crippen LogP contribution in [0.25, 0.3) is 5.76 Å². The maximum Gasteiger partial charge on any atom is 0.247 e. The van der Waals surface area contributed by atoms with Gasteiger partial charge in [-0.3, -0.25) is 14.4 Å². The molecule has 1 spiro atoms. The molecule has 6 rings (SSSR count). The molecule has 2 aliphatic carbocycles. The molecule has 2 aliphatic heterocycles. The Morgan fingerprint density at radius 2 is 1.62 bits per heavy atom. The fourth-order valence-corrected chi connectivity index (χ4v) is 5.32. The molecule has 0 saturated carbocycles. The molecule has 0 bridgehead atoms. The molecule has 5 nitrogen and oxygen atoms in total. The standard InChI is InChI=1S/C24H17NO4/c1-25-16-10-5-4-9-15(16)24(23(25)28)19-17(26)11-6-12-18(19)29-22-14-8-3-2-7-13(14)21(27)20(22)24/h2-5,7-10H,6,11-12H2,1H3/t24-/m1/s1. The fourth-order valence-electron chi connectivity index (χ4n) is 5.32. The van der Waals surface area contributed by atoms with Gasteiger partial charge < -0.3 is 9.64 Å². The van der Waals surface area contributed by atoms with Crippen molar-refractivity contribution in [3.05, 3.63) is 82.1 Å². The molecule has 0 radical (unpaired) electrons. The van der Waals surface area contributed by atoms with Gasteiger partial charge in [-0.1, -0.05) is 42.5 Å². The number of benzene rings is 2. The van der Waals surface area contributed by atoms with E-state index >= 15 is 0 Å². The Labute approximate surface area is 167 Å². The maximum absolute atomic E-state index is 13.9. The minimum absolute atomic E-state index is 0.111. The first kappa shape index (κ1) is 16.5. The summed E-state index contributed by atoms with van der Waals surface area (Å²) >= 11 is 0. The second kappa shape index (κ2) is 5.32. The average molecular weight is 383 g/mol. The summed E-state index contributed by atoms with van der Waals surface area (Å²) in [5, 5.41) is 0. The lowest BCUT2D eigenvalue weighted by Gasteiger charge is -2.38. The van der Waals surface area contributed by atoms with Crippen molar-refractivity contribution in [1.82, 2.24) is 0 Å². The van der Waals surface area contributed by atoms with Gasteiger partial charge in [0.1, 0.15) is 16.9 Å². The van der Waals surface area contributed by atoms with Crippen LogP contribution in [-0.2, 0) is 19.7 Å². The third kappa shape index (κ3) is 1.74. The second-order valence-electron chi connectivity index (χ2n) is 7.89. The van der Waals surface area contributed by atoms with Crippen LogP contribution in [0, 0.1) is 0 Å². The van der Waals surface area contributed by atoms with Gasteiger partial charge in [0.05, 0.1) is 11.1 Å². The highest BCUT2D eigenvalue weighted by atomic mass is 16.5. The minimum Gasteiger partial charge on any atom is -0.460 e. The normalized spacial score (nSPS) is 24.6. The lowest BCUT2D eigenvalue weighted by atomic mass is 9.64. The highest BCUT2D eigenvalue weighted by Gasteiger charge is 2.64. The van der Waals surface area contributed by atoms with Gasteiger partial charge in [-0.05, 0) is 12.5 Å². The number of hydrogen-bond acceptors (Lipinski definition) is 4. The summed E-state index contributed by atoms with van der Waals surface area (Å²) in [7, 11) is 1.70. The molecule has 29 heavy (non-hydrogen) atoms. The molecular weight excluding hydrogens is 366 g/mol. The van der Waals surface area contributed by atoms with Crippen LogP contribution in [0.5, 0.6) is 0 Å². The van der Waals surface area contributed by atoms with E-state index in [1.54, 1.807) is 24.1 Å². The van der Waals surface area contributed by atoms with Crippen LogP contribution < -0.4 is 4.90 Å². The SMILES string of the molecule is CN1C(=O)[C@@]2(C3=C(CCCC3=O)OC3=C2C(=O)c2ccccc23)c2ccccc21. The molecule has 2 aromatic carbocycles. The lowest BCUT2D eigenvalue weighted by molar-refractivity contribution is -0.124. The molecule has 0 unspecified atom stereocenters. The van der Waals surface area contributed by atoms with Crippen LogP contribution in [0.15, 0.2) is 65.4 Å². The molecule has 1 amide bonds. The monoisotopic (exact) mass is 383 g/mol. The number of likely N-dealkylation sites (N-methyl/N-ethyl adjacent to an activating group) is 1. The molecule has 0 N–H and O–H groups in total. The number of para-hydroxylation sites is 1. The topological polar surface area (TPSA) is 63.7 Å². The lowest BCUT2D eigenvalue weighted by Crippen LogP contribution is -2.48. The average Bonchev–Trinajstić information content (AvgIpc) is 3.14. The smallest absolute Gasteiger partial charge is 0.247 e. The number of fused-ring (bicyclic) bond motifs is 6. The Morgan fingerprint density at radius 3 is 2.45 bits per heavy atom. The van der Waals surface area contributed by atoms with Gasteiger partial charge in [0.25, 0.3) is 0 Å². The van der Waals surface area contributed by atoms with E-state index in [1.807, 2.05) is 36.4 Å². The van der Waals surface area contributed by atoms with Crippen LogP contribution in [0.3, 0.4) is 0 Å². The Hall–Kier alpha value is -3.47. The number of carbonyl (C=O) groups is 3. The first-order valence-corrected chi connectivity index (χ1v) is 9.78. The minimum atomic E-state index is -1.43. The van der Waals surface area contributed by atoms with E-state index < -0.39 is 5.41 Å². The van der Waals surface area contributed by atoms with Crippen LogP contribution in [-0.4, -0.2) is 24.5 Å². The Kier molecular flexibility index (Phi) is 3.02. The van der Waals surface area contributed by atoms with Crippen molar-refractivity contribution in [2.75, 3.05) is 11.9 Å². The summed E-state index contributed by atoms with van der Waals surface area (Å²) < 4.78 is 6.21. The van der Waals surface area contributed by atoms with Crippen LogP contribution in [0.1, 0.15) is 40.7 Å². The number of hydrogen-bond donors (Lipinski definition) is 0. The summed E-state index contributed by atoms with van der Waals surface area (Å²) in [6, 6.07) is 14.7. The second-order valence-corrected chi connectivity index (χ2v) is 7.89.